The third kappa shape index (κ3) is 2.78. The first-order chi connectivity index (χ1) is 8.95. The fourth-order valence-electron chi connectivity index (χ4n) is 3.06. The molecule has 1 saturated carbocycles. The van der Waals surface area contributed by atoms with Crippen LogP contribution in [-0.2, 0) is 4.79 Å². The molecule has 0 aliphatic heterocycles. The van der Waals surface area contributed by atoms with Gasteiger partial charge in [0.1, 0.15) is 5.54 Å². The van der Waals surface area contributed by atoms with Crippen molar-refractivity contribution >= 4 is 27.5 Å². The molecule has 0 aromatic heterocycles. The van der Waals surface area contributed by atoms with Gasteiger partial charge in [-0.25, -0.2) is 0 Å². The lowest BCUT2D eigenvalue weighted by molar-refractivity contribution is -0.125. The molecule has 0 bridgehead atoms. The highest BCUT2D eigenvalue weighted by atomic mass is 79.9. The van der Waals surface area contributed by atoms with Crippen LogP contribution in [-0.4, -0.2) is 11.4 Å². The first-order valence-electron chi connectivity index (χ1n) is 6.78. The monoisotopic (exact) mass is 324 g/mol. The second kappa shape index (κ2) is 5.53. The summed E-state index contributed by atoms with van der Waals surface area (Å²) in [6, 6.07) is 7.85. The number of rotatable bonds is 3. The van der Waals surface area contributed by atoms with E-state index in [0.717, 1.165) is 29.4 Å². The van der Waals surface area contributed by atoms with Gasteiger partial charge < -0.3 is 11.1 Å². The molecule has 104 valence electrons. The van der Waals surface area contributed by atoms with Crippen molar-refractivity contribution < 1.29 is 4.79 Å². The predicted molar refractivity (Wildman–Crippen MR) is 81.9 cm³/mol. The zero-order chi connectivity index (χ0) is 14.0. The van der Waals surface area contributed by atoms with Gasteiger partial charge in [0.25, 0.3) is 0 Å². The van der Waals surface area contributed by atoms with Crippen LogP contribution >= 0.6 is 15.9 Å². The summed E-state index contributed by atoms with van der Waals surface area (Å²) < 4.78 is 0.960. The summed E-state index contributed by atoms with van der Waals surface area (Å²) >= 11 is 3.51. The molecule has 0 heterocycles. The third-order valence-corrected chi connectivity index (χ3v) is 4.99. The average Bonchev–Trinajstić information content (AvgIpc) is 2.35. The van der Waals surface area contributed by atoms with E-state index in [-0.39, 0.29) is 11.8 Å². The Hall–Kier alpha value is -1.03. The summed E-state index contributed by atoms with van der Waals surface area (Å²) in [7, 11) is 0. The van der Waals surface area contributed by atoms with E-state index in [9.17, 15) is 4.79 Å². The van der Waals surface area contributed by atoms with Crippen molar-refractivity contribution in [1.29, 1.82) is 0 Å². The number of carbonyl (C=O) groups excluding carboxylic acids is 1. The van der Waals surface area contributed by atoms with E-state index in [2.05, 4.69) is 35.1 Å². The zero-order valence-electron chi connectivity index (χ0n) is 11.4. The SMILES string of the molecule is CC1CCC(Nc2ccccc2Br)(C(N)=O)C(C)C1. The van der Waals surface area contributed by atoms with Gasteiger partial charge in [0, 0.05) is 10.2 Å². The maximum Gasteiger partial charge on any atom is 0.243 e. The van der Waals surface area contributed by atoms with Gasteiger partial charge in [-0.3, -0.25) is 4.79 Å². The largest absolute Gasteiger partial charge is 0.370 e. The molecule has 3 nitrogen and oxygen atoms in total. The number of para-hydroxylation sites is 1. The molecule has 3 unspecified atom stereocenters. The van der Waals surface area contributed by atoms with Crippen LogP contribution in [0.15, 0.2) is 28.7 Å². The summed E-state index contributed by atoms with van der Waals surface area (Å²) in [6.45, 7) is 4.35. The van der Waals surface area contributed by atoms with Crippen LogP contribution in [0.1, 0.15) is 33.1 Å². The van der Waals surface area contributed by atoms with Gasteiger partial charge in [0.15, 0.2) is 0 Å². The van der Waals surface area contributed by atoms with Gasteiger partial charge in [-0.15, -0.1) is 0 Å². The Labute approximate surface area is 123 Å². The Balaban J connectivity index is 2.31. The summed E-state index contributed by atoms with van der Waals surface area (Å²) in [4.78, 5) is 12.1. The summed E-state index contributed by atoms with van der Waals surface area (Å²) in [5.41, 5.74) is 6.02. The smallest absolute Gasteiger partial charge is 0.243 e. The van der Waals surface area contributed by atoms with Crippen LogP contribution < -0.4 is 11.1 Å². The number of hydrogen-bond acceptors (Lipinski definition) is 2. The number of nitrogens with two attached hydrogens (primary N) is 1. The molecule has 0 radical (unpaired) electrons. The predicted octanol–water partition coefficient (Wildman–Crippen LogP) is 3.54. The maximum atomic E-state index is 12.1. The van der Waals surface area contributed by atoms with Gasteiger partial charge >= 0.3 is 0 Å². The molecule has 0 spiro atoms. The van der Waals surface area contributed by atoms with E-state index in [1.165, 1.54) is 0 Å². The second-order valence-corrected chi connectivity index (χ2v) is 6.58. The molecule has 1 aliphatic carbocycles. The van der Waals surface area contributed by atoms with Crippen LogP contribution in [0.25, 0.3) is 0 Å². The minimum atomic E-state index is -0.629. The summed E-state index contributed by atoms with van der Waals surface area (Å²) in [5.74, 6) is 0.645. The van der Waals surface area contributed by atoms with Crippen molar-refractivity contribution in [3.63, 3.8) is 0 Å². The lowest BCUT2D eigenvalue weighted by atomic mass is 9.69. The molecule has 19 heavy (non-hydrogen) atoms. The number of halogens is 1. The zero-order valence-corrected chi connectivity index (χ0v) is 13.0. The minimum Gasteiger partial charge on any atom is -0.370 e. The molecule has 1 aromatic carbocycles. The molecular weight excluding hydrogens is 304 g/mol. The van der Waals surface area contributed by atoms with Crippen molar-refractivity contribution in [2.45, 2.75) is 38.6 Å². The van der Waals surface area contributed by atoms with Gasteiger partial charge in [-0.1, -0.05) is 26.0 Å². The molecule has 1 fully saturated rings. The van der Waals surface area contributed by atoms with Gasteiger partial charge in [-0.05, 0) is 59.2 Å². The van der Waals surface area contributed by atoms with Crippen LogP contribution in [0.3, 0.4) is 0 Å². The standard InChI is InChI=1S/C15H21BrN2O/c1-10-7-8-15(14(17)19,11(2)9-10)18-13-6-4-3-5-12(13)16/h3-6,10-11,18H,7-9H2,1-2H3,(H2,17,19). The van der Waals surface area contributed by atoms with Crippen LogP contribution in [0.4, 0.5) is 5.69 Å². The van der Waals surface area contributed by atoms with Crippen LogP contribution in [0, 0.1) is 11.8 Å². The van der Waals surface area contributed by atoms with Gasteiger partial charge in [0.2, 0.25) is 5.91 Å². The molecule has 1 aliphatic rings. The molecule has 1 amide bonds. The second-order valence-electron chi connectivity index (χ2n) is 5.72. The highest BCUT2D eigenvalue weighted by molar-refractivity contribution is 9.10. The Morgan fingerprint density at radius 2 is 2.11 bits per heavy atom. The van der Waals surface area contributed by atoms with E-state index in [4.69, 9.17) is 5.73 Å². The first-order valence-corrected chi connectivity index (χ1v) is 7.57. The van der Waals surface area contributed by atoms with E-state index >= 15 is 0 Å². The maximum absolute atomic E-state index is 12.1. The minimum absolute atomic E-state index is 0.237. The number of hydrogen-bond donors (Lipinski definition) is 2. The number of carbonyl (C=O) groups is 1. The van der Waals surface area contributed by atoms with Crippen LogP contribution in [0.2, 0.25) is 0 Å². The quantitative estimate of drug-likeness (QED) is 0.893. The fourth-order valence-corrected chi connectivity index (χ4v) is 3.44. The number of primary amides is 1. The van der Waals surface area contributed by atoms with Gasteiger partial charge in [-0.2, -0.15) is 0 Å². The molecule has 2 rings (SSSR count). The number of nitrogens with one attached hydrogen (secondary N) is 1. The van der Waals surface area contributed by atoms with E-state index in [1.807, 2.05) is 24.3 Å². The number of anilines is 1. The highest BCUT2D eigenvalue weighted by Crippen LogP contribution is 2.40. The van der Waals surface area contributed by atoms with Crippen LogP contribution in [0.5, 0.6) is 0 Å². The molecule has 0 saturated heterocycles. The van der Waals surface area contributed by atoms with E-state index in [1.54, 1.807) is 0 Å². The Kier molecular flexibility index (Phi) is 4.19. The normalized spacial score (nSPS) is 30.9. The van der Waals surface area contributed by atoms with E-state index in [0.29, 0.717) is 5.92 Å². The Morgan fingerprint density at radius 3 is 2.68 bits per heavy atom. The first kappa shape index (κ1) is 14.4. The Morgan fingerprint density at radius 1 is 1.42 bits per heavy atom. The van der Waals surface area contributed by atoms with Gasteiger partial charge in [0.05, 0.1) is 0 Å². The molecule has 3 N–H and O–H groups in total. The molecule has 3 atom stereocenters. The average molecular weight is 325 g/mol. The van der Waals surface area contributed by atoms with Crippen molar-refractivity contribution in [2.24, 2.45) is 17.6 Å². The number of benzene rings is 1. The van der Waals surface area contributed by atoms with Crippen molar-refractivity contribution in [2.75, 3.05) is 5.32 Å². The summed E-state index contributed by atoms with van der Waals surface area (Å²) in [6.07, 6.45) is 2.86. The topological polar surface area (TPSA) is 55.1 Å². The fraction of sp³-hybridized carbons (Fsp3) is 0.533. The lowest BCUT2D eigenvalue weighted by Crippen LogP contribution is -2.57. The summed E-state index contributed by atoms with van der Waals surface area (Å²) in [5, 5.41) is 3.41. The Bertz CT molecular complexity index is 477. The lowest BCUT2D eigenvalue weighted by Gasteiger charge is -2.43. The third-order valence-electron chi connectivity index (χ3n) is 4.30. The van der Waals surface area contributed by atoms with Crippen molar-refractivity contribution in [3.05, 3.63) is 28.7 Å². The molecular formula is C15H21BrN2O. The molecule has 1 aromatic rings. The van der Waals surface area contributed by atoms with E-state index < -0.39 is 5.54 Å². The number of amides is 1. The highest BCUT2D eigenvalue weighted by Gasteiger charge is 2.45. The van der Waals surface area contributed by atoms with Crippen molar-refractivity contribution in [1.82, 2.24) is 0 Å². The molecule has 4 heteroatoms. The van der Waals surface area contributed by atoms with Crippen molar-refractivity contribution in [3.8, 4) is 0 Å².